The first-order valence-electron chi connectivity index (χ1n) is 9.95. The Balaban J connectivity index is 1.70. The molecule has 1 aliphatic heterocycles. The Bertz CT molecular complexity index is 1230. The van der Waals surface area contributed by atoms with Gasteiger partial charge in [-0.25, -0.2) is 22.7 Å². The van der Waals surface area contributed by atoms with E-state index in [1.807, 2.05) is 24.6 Å². The number of amides is 1. The molecular formula is C21H25N5O4S. The molecule has 164 valence electrons. The molecule has 2 aromatic heterocycles. The summed E-state index contributed by atoms with van der Waals surface area (Å²) in [7, 11) is 1.36. The molecule has 0 bridgehead atoms. The van der Waals surface area contributed by atoms with Crippen LogP contribution in [0.15, 0.2) is 41.6 Å². The molecule has 1 aromatic carbocycles. The number of sulfonamides is 1. The summed E-state index contributed by atoms with van der Waals surface area (Å²) in [5, 5.41) is 2.83. The van der Waals surface area contributed by atoms with Crippen molar-refractivity contribution in [1.29, 1.82) is 0 Å². The molecule has 0 radical (unpaired) electrons. The summed E-state index contributed by atoms with van der Waals surface area (Å²) in [4.78, 5) is 20.9. The van der Waals surface area contributed by atoms with E-state index in [-0.39, 0.29) is 22.8 Å². The van der Waals surface area contributed by atoms with Gasteiger partial charge in [0.05, 0.1) is 22.4 Å². The number of aryl methyl sites for hydroxylation is 1. The van der Waals surface area contributed by atoms with Crippen LogP contribution in [0.25, 0.3) is 22.3 Å². The molecular weight excluding hydrogens is 418 g/mol. The maximum absolute atomic E-state index is 12.3. The van der Waals surface area contributed by atoms with E-state index in [9.17, 15) is 13.2 Å². The van der Waals surface area contributed by atoms with Crippen molar-refractivity contribution in [3.05, 3.63) is 36.7 Å². The number of carbonyl (C=O) groups excluding carboxylic acids is 1. The first-order valence-corrected chi connectivity index (χ1v) is 11.4. The Morgan fingerprint density at radius 1 is 1.26 bits per heavy atom. The van der Waals surface area contributed by atoms with E-state index in [2.05, 4.69) is 10.3 Å². The van der Waals surface area contributed by atoms with E-state index in [1.165, 1.54) is 18.4 Å². The van der Waals surface area contributed by atoms with Gasteiger partial charge in [-0.1, -0.05) is 12.1 Å². The SMILES string of the molecule is CC(Oc1nc(-c2ccc(S(=O)(=O)N(C)C)cc2)cc2ncn(C)c12)C1CNC(=O)C1. The lowest BCUT2D eigenvalue weighted by molar-refractivity contribution is -0.119. The zero-order valence-corrected chi connectivity index (χ0v) is 18.7. The standard InChI is InChI=1S/C21H25N5O4S/c1-13(15-9-19(27)22-11-15)30-21-20-18(23-12-26(20)4)10-17(24-21)14-5-7-16(8-6-14)31(28,29)25(2)3/h5-8,10,12-13,15H,9,11H2,1-4H3,(H,22,27). The van der Waals surface area contributed by atoms with Crippen LogP contribution >= 0.6 is 0 Å². The Labute approximate surface area is 181 Å². The molecule has 0 spiro atoms. The fourth-order valence-electron chi connectivity index (χ4n) is 3.61. The van der Waals surface area contributed by atoms with Gasteiger partial charge in [-0.3, -0.25) is 4.79 Å². The minimum absolute atomic E-state index is 0.0283. The Morgan fingerprint density at radius 3 is 2.58 bits per heavy atom. The predicted molar refractivity (Wildman–Crippen MR) is 116 cm³/mol. The van der Waals surface area contributed by atoms with Gasteiger partial charge in [-0.2, -0.15) is 0 Å². The normalized spacial score (nSPS) is 17.8. The van der Waals surface area contributed by atoms with Crippen LogP contribution in [0.5, 0.6) is 5.88 Å². The van der Waals surface area contributed by atoms with Crippen molar-refractivity contribution >= 4 is 27.0 Å². The van der Waals surface area contributed by atoms with Gasteiger partial charge in [-0.05, 0) is 25.1 Å². The monoisotopic (exact) mass is 443 g/mol. The number of rotatable bonds is 6. The van der Waals surface area contributed by atoms with Gasteiger partial charge in [0.1, 0.15) is 11.6 Å². The number of benzene rings is 1. The molecule has 1 amide bonds. The van der Waals surface area contributed by atoms with E-state index in [0.717, 1.165) is 16.6 Å². The van der Waals surface area contributed by atoms with Crippen molar-refractivity contribution in [2.75, 3.05) is 20.6 Å². The second-order valence-electron chi connectivity index (χ2n) is 7.94. The molecule has 1 fully saturated rings. The van der Waals surface area contributed by atoms with Crippen molar-refractivity contribution in [3.8, 4) is 17.1 Å². The molecule has 3 aromatic rings. The summed E-state index contributed by atoms with van der Waals surface area (Å²) in [5.41, 5.74) is 2.86. The van der Waals surface area contributed by atoms with Crippen LogP contribution in [0.4, 0.5) is 0 Å². The van der Waals surface area contributed by atoms with E-state index in [4.69, 9.17) is 9.72 Å². The van der Waals surface area contributed by atoms with Crippen LogP contribution in [-0.2, 0) is 21.9 Å². The molecule has 4 rings (SSSR count). The van der Waals surface area contributed by atoms with Crippen LogP contribution in [0.2, 0.25) is 0 Å². The smallest absolute Gasteiger partial charge is 0.242 e. The molecule has 10 heteroatoms. The van der Waals surface area contributed by atoms with E-state index >= 15 is 0 Å². The van der Waals surface area contributed by atoms with Crippen molar-refractivity contribution < 1.29 is 17.9 Å². The van der Waals surface area contributed by atoms with Crippen LogP contribution < -0.4 is 10.1 Å². The van der Waals surface area contributed by atoms with E-state index in [0.29, 0.717) is 24.5 Å². The summed E-state index contributed by atoms with van der Waals surface area (Å²) in [6.45, 7) is 2.51. The second-order valence-corrected chi connectivity index (χ2v) is 10.1. The Kier molecular flexibility index (Phi) is 5.44. The summed E-state index contributed by atoms with van der Waals surface area (Å²) >= 11 is 0. The van der Waals surface area contributed by atoms with Gasteiger partial charge < -0.3 is 14.6 Å². The number of carbonyl (C=O) groups is 1. The number of hydrogen-bond acceptors (Lipinski definition) is 6. The first-order chi connectivity index (χ1) is 14.7. The van der Waals surface area contributed by atoms with Gasteiger partial charge in [0.25, 0.3) is 0 Å². The van der Waals surface area contributed by atoms with Crippen LogP contribution in [0.1, 0.15) is 13.3 Å². The molecule has 1 saturated heterocycles. The van der Waals surface area contributed by atoms with Gasteiger partial charge in [0.2, 0.25) is 21.8 Å². The summed E-state index contributed by atoms with van der Waals surface area (Å²) in [5.74, 6) is 0.529. The number of imidazole rings is 1. The molecule has 1 aliphatic rings. The third kappa shape index (κ3) is 4.00. The quantitative estimate of drug-likeness (QED) is 0.623. The van der Waals surface area contributed by atoms with Crippen LogP contribution in [-0.4, -0.2) is 59.9 Å². The number of aromatic nitrogens is 3. The summed E-state index contributed by atoms with van der Waals surface area (Å²) in [6, 6.07) is 8.42. The average molecular weight is 444 g/mol. The molecule has 1 N–H and O–H groups in total. The van der Waals surface area contributed by atoms with Gasteiger partial charge in [0, 0.05) is 45.6 Å². The van der Waals surface area contributed by atoms with Crippen LogP contribution in [0, 0.1) is 5.92 Å². The van der Waals surface area contributed by atoms with Crippen molar-refractivity contribution in [2.24, 2.45) is 13.0 Å². The molecule has 2 unspecified atom stereocenters. The molecule has 2 atom stereocenters. The number of hydrogen-bond donors (Lipinski definition) is 1. The average Bonchev–Trinajstić information content (AvgIpc) is 3.34. The first kappa shape index (κ1) is 21.3. The Morgan fingerprint density at radius 2 is 1.97 bits per heavy atom. The zero-order valence-electron chi connectivity index (χ0n) is 17.9. The lowest BCUT2D eigenvalue weighted by atomic mass is 10.0. The largest absolute Gasteiger partial charge is 0.473 e. The highest BCUT2D eigenvalue weighted by molar-refractivity contribution is 7.89. The molecule has 3 heterocycles. The highest BCUT2D eigenvalue weighted by Gasteiger charge is 2.29. The second kappa shape index (κ2) is 7.93. The molecule has 0 aliphatic carbocycles. The van der Waals surface area contributed by atoms with Crippen molar-refractivity contribution in [3.63, 3.8) is 0 Å². The highest BCUT2D eigenvalue weighted by atomic mass is 32.2. The van der Waals surface area contributed by atoms with Gasteiger partial charge in [0.15, 0.2) is 0 Å². The fourth-order valence-corrected chi connectivity index (χ4v) is 4.51. The third-order valence-corrected chi connectivity index (χ3v) is 7.39. The minimum Gasteiger partial charge on any atom is -0.473 e. The van der Waals surface area contributed by atoms with Crippen LogP contribution in [0.3, 0.4) is 0 Å². The number of pyridine rings is 1. The molecule has 31 heavy (non-hydrogen) atoms. The topological polar surface area (TPSA) is 106 Å². The lowest BCUT2D eigenvalue weighted by Gasteiger charge is -2.20. The number of ether oxygens (including phenoxy) is 1. The third-order valence-electron chi connectivity index (χ3n) is 5.56. The highest BCUT2D eigenvalue weighted by Crippen LogP contribution is 2.31. The summed E-state index contributed by atoms with van der Waals surface area (Å²) < 4.78 is 33.9. The number of nitrogens with one attached hydrogen (secondary N) is 1. The maximum atomic E-state index is 12.3. The van der Waals surface area contributed by atoms with E-state index < -0.39 is 10.0 Å². The lowest BCUT2D eigenvalue weighted by Crippen LogP contribution is -2.26. The fraction of sp³-hybridized carbons (Fsp3) is 0.381. The van der Waals surface area contributed by atoms with Gasteiger partial charge >= 0.3 is 0 Å². The molecule has 0 saturated carbocycles. The Hall–Kier alpha value is -2.98. The van der Waals surface area contributed by atoms with E-state index in [1.54, 1.807) is 30.6 Å². The van der Waals surface area contributed by atoms with Crippen molar-refractivity contribution in [1.82, 2.24) is 24.2 Å². The number of nitrogens with zero attached hydrogens (tertiary/aromatic N) is 4. The number of fused-ring (bicyclic) bond motifs is 1. The van der Waals surface area contributed by atoms with Crippen molar-refractivity contribution in [2.45, 2.75) is 24.3 Å². The van der Waals surface area contributed by atoms with Gasteiger partial charge in [-0.15, -0.1) is 0 Å². The summed E-state index contributed by atoms with van der Waals surface area (Å²) in [6.07, 6.45) is 1.91. The minimum atomic E-state index is -3.51. The maximum Gasteiger partial charge on any atom is 0.242 e. The molecule has 9 nitrogen and oxygen atoms in total. The zero-order chi connectivity index (χ0) is 22.3. The predicted octanol–water partition coefficient (Wildman–Crippen LogP) is 1.79.